The number of fused-ring (bicyclic) bond motifs is 1. The molecule has 5 nitrogen and oxygen atoms in total. The number of carbonyl (C=O) groups excluding carboxylic acids is 1. The van der Waals surface area contributed by atoms with Gasteiger partial charge >= 0.3 is 0 Å². The number of carbonyl (C=O) groups is 1. The van der Waals surface area contributed by atoms with E-state index in [1.165, 1.54) is 17.7 Å². The van der Waals surface area contributed by atoms with Crippen LogP contribution in [0, 0.1) is 5.82 Å². The van der Waals surface area contributed by atoms with Crippen molar-refractivity contribution in [1.82, 2.24) is 10.6 Å². The van der Waals surface area contributed by atoms with Crippen molar-refractivity contribution in [2.45, 2.75) is 25.8 Å². The molecular formula is C21H26FIN4O. The summed E-state index contributed by atoms with van der Waals surface area (Å²) < 4.78 is 12.9. The molecule has 1 aliphatic rings. The van der Waals surface area contributed by atoms with Crippen molar-refractivity contribution in [3.8, 4) is 0 Å². The molecule has 0 bridgehead atoms. The van der Waals surface area contributed by atoms with Gasteiger partial charge in [-0.15, -0.1) is 24.0 Å². The van der Waals surface area contributed by atoms with Gasteiger partial charge in [0.05, 0.1) is 0 Å². The van der Waals surface area contributed by atoms with Crippen LogP contribution in [0.15, 0.2) is 53.5 Å². The Balaban J connectivity index is 0.00000280. The number of benzene rings is 2. The molecule has 0 fully saturated rings. The lowest BCUT2D eigenvalue weighted by atomic mass is 10.2. The molecule has 1 aliphatic heterocycles. The number of aliphatic imine (C=N–C) groups is 1. The van der Waals surface area contributed by atoms with Crippen LogP contribution in [0.5, 0.6) is 0 Å². The van der Waals surface area contributed by atoms with Crippen molar-refractivity contribution in [3.05, 3.63) is 65.5 Å². The van der Waals surface area contributed by atoms with Crippen molar-refractivity contribution in [1.29, 1.82) is 0 Å². The summed E-state index contributed by atoms with van der Waals surface area (Å²) in [5.41, 5.74) is 3.27. The van der Waals surface area contributed by atoms with Crippen LogP contribution in [0.3, 0.4) is 0 Å². The van der Waals surface area contributed by atoms with E-state index in [1.807, 2.05) is 23.1 Å². The highest BCUT2D eigenvalue weighted by Crippen LogP contribution is 2.27. The van der Waals surface area contributed by atoms with Gasteiger partial charge in [0.2, 0.25) is 5.91 Å². The van der Waals surface area contributed by atoms with Crippen LogP contribution in [-0.2, 0) is 17.8 Å². The van der Waals surface area contributed by atoms with Gasteiger partial charge in [0, 0.05) is 38.8 Å². The Labute approximate surface area is 182 Å². The Kier molecular flexibility index (Phi) is 8.69. The number of nitrogens with one attached hydrogen (secondary N) is 2. The molecule has 0 atom stereocenters. The van der Waals surface area contributed by atoms with E-state index < -0.39 is 0 Å². The molecule has 7 heteroatoms. The maximum Gasteiger partial charge on any atom is 0.227 e. The molecule has 2 aromatic rings. The maximum atomic E-state index is 12.9. The Morgan fingerprint density at radius 3 is 2.64 bits per heavy atom. The molecule has 0 radical (unpaired) electrons. The largest absolute Gasteiger partial charge is 0.356 e. The SMILES string of the molecule is CN=C(NCCCC(=O)N1CCc2ccccc21)NCc1ccc(F)cc1.I. The van der Waals surface area contributed by atoms with E-state index in [2.05, 4.69) is 21.7 Å². The minimum absolute atomic E-state index is 0. The van der Waals surface area contributed by atoms with Crippen LogP contribution >= 0.6 is 24.0 Å². The average molecular weight is 496 g/mol. The first-order valence-corrected chi connectivity index (χ1v) is 9.24. The first-order chi connectivity index (χ1) is 13.2. The van der Waals surface area contributed by atoms with Crippen molar-refractivity contribution >= 4 is 41.5 Å². The lowest BCUT2D eigenvalue weighted by Crippen LogP contribution is -2.37. The summed E-state index contributed by atoms with van der Waals surface area (Å²) in [6.07, 6.45) is 2.16. The smallest absolute Gasteiger partial charge is 0.227 e. The molecule has 1 heterocycles. The highest BCUT2D eigenvalue weighted by molar-refractivity contribution is 14.0. The van der Waals surface area contributed by atoms with E-state index in [9.17, 15) is 9.18 Å². The van der Waals surface area contributed by atoms with Gasteiger partial charge in [-0.3, -0.25) is 9.79 Å². The third kappa shape index (κ3) is 5.92. The average Bonchev–Trinajstić information content (AvgIpc) is 3.13. The van der Waals surface area contributed by atoms with Crippen molar-refractivity contribution in [2.75, 3.05) is 25.0 Å². The van der Waals surface area contributed by atoms with Gasteiger partial charge in [-0.2, -0.15) is 0 Å². The Morgan fingerprint density at radius 1 is 1.14 bits per heavy atom. The molecule has 0 aliphatic carbocycles. The third-order valence-corrected chi connectivity index (χ3v) is 4.64. The second kappa shape index (κ2) is 11.0. The van der Waals surface area contributed by atoms with Crippen molar-refractivity contribution in [3.63, 3.8) is 0 Å². The van der Waals surface area contributed by atoms with Gasteiger partial charge in [0.15, 0.2) is 5.96 Å². The Morgan fingerprint density at radius 2 is 1.89 bits per heavy atom. The van der Waals surface area contributed by atoms with Crippen LogP contribution in [0.1, 0.15) is 24.0 Å². The second-order valence-corrected chi connectivity index (χ2v) is 6.51. The minimum atomic E-state index is -0.244. The number of anilines is 1. The zero-order valence-electron chi connectivity index (χ0n) is 16.0. The summed E-state index contributed by atoms with van der Waals surface area (Å²) >= 11 is 0. The summed E-state index contributed by atoms with van der Waals surface area (Å²) in [6, 6.07) is 14.4. The van der Waals surface area contributed by atoms with Gasteiger partial charge in [-0.25, -0.2) is 4.39 Å². The quantitative estimate of drug-likeness (QED) is 0.279. The third-order valence-electron chi connectivity index (χ3n) is 4.64. The lowest BCUT2D eigenvalue weighted by molar-refractivity contribution is -0.118. The van der Waals surface area contributed by atoms with Crippen LogP contribution in [0.2, 0.25) is 0 Å². The first kappa shape index (κ1) is 22.1. The molecule has 2 N–H and O–H groups in total. The number of halogens is 2. The fourth-order valence-electron chi connectivity index (χ4n) is 3.19. The fraction of sp³-hybridized carbons (Fsp3) is 0.333. The standard InChI is InChI=1S/C21H25FN4O.HI/c1-23-21(25-15-16-8-10-18(22)11-9-16)24-13-4-7-20(27)26-14-12-17-5-2-3-6-19(17)26;/h2-3,5-6,8-11H,4,7,12-15H2,1H3,(H2,23,24,25);1H. The molecule has 3 rings (SSSR count). The van der Waals surface area contributed by atoms with E-state index in [0.717, 1.165) is 30.6 Å². The number of amides is 1. The normalized spacial score (nSPS) is 12.9. The number of hydrogen-bond acceptors (Lipinski definition) is 2. The van der Waals surface area contributed by atoms with Gasteiger partial charge in [0.25, 0.3) is 0 Å². The van der Waals surface area contributed by atoms with Gasteiger partial charge in [-0.05, 0) is 42.2 Å². The summed E-state index contributed by atoms with van der Waals surface area (Å²) in [4.78, 5) is 18.5. The molecule has 150 valence electrons. The van der Waals surface area contributed by atoms with Crippen LogP contribution < -0.4 is 15.5 Å². The van der Waals surface area contributed by atoms with Gasteiger partial charge < -0.3 is 15.5 Å². The van der Waals surface area contributed by atoms with Crippen LogP contribution in [0.25, 0.3) is 0 Å². The molecule has 0 saturated carbocycles. The van der Waals surface area contributed by atoms with Crippen LogP contribution in [0.4, 0.5) is 10.1 Å². The van der Waals surface area contributed by atoms with Crippen molar-refractivity contribution in [2.24, 2.45) is 4.99 Å². The molecule has 0 spiro atoms. The summed E-state index contributed by atoms with van der Waals surface area (Å²) in [5.74, 6) is 0.584. The number of para-hydroxylation sites is 1. The van der Waals surface area contributed by atoms with E-state index in [-0.39, 0.29) is 35.7 Å². The molecule has 0 saturated heterocycles. The van der Waals surface area contributed by atoms with E-state index >= 15 is 0 Å². The van der Waals surface area contributed by atoms with E-state index in [0.29, 0.717) is 25.5 Å². The summed E-state index contributed by atoms with van der Waals surface area (Å²) in [7, 11) is 1.70. The molecule has 2 aromatic carbocycles. The minimum Gasteiger partial charge on any atom is -0.356 e. The summed E-state index contributed by atoms with van der Waals surface area (Å²) in [6.45, 7) is 1.99. The monoisotopic (exact) mass is 496 g/mol. The number of nitrogens with zero attached hydrogens (tertiary/aromatic N) is 2. The predicted molar refractivity (Wildman–Crippen MR) is 122 cm³/mol. The maximum absolute atomic E-state index is 12.9. The Bertz CT molecular complexity index is 810. The number of hydrogen-bond donors (Lipinski definition) is 2. The number of rotatable bonds is 6. The topological polar surface area (TPSA) is 56.7 Å². The lowest BCUT2D eigenvalue weighted by Gasteiger charge is -2.17. The Hall–Kier alpha value is -2.16. The first-order valence-electron chi connectivity index (χ1n) is 9.24. The van der Waals surface area contributed by atoms with Gasteiger partial charge in [0.1, 0.15) is 5.82 Å². The highest BCUT2D eigenvalue weighted by atomic mass is 127. The molecule has 0 aromatic heterocycles. The summed E-state index contributed by atoms with van der Waals surface area (Å²) in [5, 5.41) is 6.39. The molecule has 0 unspecified atom stereocenters. The molecule has 1 amide bonds. The van der Waals surface area contributed by atoms with Gasteiger partial charge in [-0.1, -0.05) is 30.3 Å². The highest BCUT2D eigenvalue weighted by Gasteiger charge is 2.23. The predicted octanol–water partition coefficient (Wildman–Crippen LogP) is 3.48. The number of guanidine groups is 1. The van der Waals surface area contributed by atoms with E-state index in [4.69, 9.17) is 0 Å². The van der Waals surface area contributed by atoms with Crippen molar-refractivity contribution < 1.29 is 9.18 Å². The second-order valence-electron chi connectivity index (χ2n) is 6.51. The zero-order valence-corrected chi connectivity index (χ0v) is 18.3. The molecular weight excluding hydrogens is 470 g/mol. The zero-order chi connectivity index (χ0) is 19.1. The van der Waals surface area contributed by atoms with Crippen LogP contribution in [-0.4, -0.2) is 32.0 Å². The van der Waals surface area contributed by atoms with E-state index in [1.54, 1.807) is 19.2 Å². The fourth-order valence-corrected chi connectivity index (χ4v) is 3.19. The molecule has 28 heavy (non-hydrogen) atoms.